The van der Waals surface area contributed by atoms with Crippen LogP contribution in [0.1, 0.15) is 5.82 Å². The monoisotopic (exact) mass is 403 g/mol. The Kier molecular flexibility index (Phi) is 4.50. The molecule has 2 aromatic carbocycles. The van der Waals surface area contributed by atoms with Crippen LogP contribution in [0.3, 0.4) is 0 Å². The van der Waals surface area contributed by atoms with Crippen LogP contribution in [-0.2, 0) is 16.0 Å². The molecular weight excluding hydrogens is 393 g/mol. The molecule has 0 radical (unpaired) electrons. The van der Waals surface area contributed by atoms with E-state index >= 15 is 0 Å². The minimum Gasteiger partial charge on any atom is -0.224 e. The lowest BCUT2D eigenvalue weighted by atomic mass is 10.2. The van der Waals surface area contributed by atoms with Crippen molar-refractivity contribution in [3.63, 3.8) is 0 Å². The van der Waals surface area contributed by atoms with E-state index in [0.29, 0.717) is 6.07 Å². The van der Waals surface area contributed by atoms with Gasteiger partial charge in [-0.1, -0.05) is 0 Å². The van der Waals surface area contributed by atoms with Crippen molar-refractivity contribution in [1.29, 1.82) is 0 Å². The highest BCUT2D eigenvalue weighted by atomic mass is 32.2. The van der Waals surface area contributed by atoms with Crippen LogP contribution in [0.15, 0.2) is 47.4 Å². The second-order valence-electron chi connectivity index (χ2n) is 5.56. The van der Waals surface area contributed by atoms with Gasteiger partial charge in [-0.15, -0.1) is 5.10 Å². The normalized spacial score (nSPS) is 12.4. The Hall–Kier alpha value is -2.82. The van der Waals surface area contributed by atoms with Crippen molar-refractivity contribution >= 4 is 9.84 Å². The molecule has 0 spiro atoms. The summed E-state index contributed by atoms with van der Waals surface area (Å²) in [4.78, 5) is 3.34. The summed E-state index contributed by atoms with van der Waals surface area (Å²) in [5, 5.41) is 3.39. The first-order valence-electron chi connectivity index (χ1n) is 7.27. The molecule has 5 nitrogen and oxygen atoms in total. The van der Waals surface area contributed by atoms with Crippen LogP contribution < -0.4 is 0 Å². The molecule has 0 atom stereocenters. The molecule has 0 aliphatic carbocycles. The highest BCUT2D eigenvalue weighted by Gasteiger charge is 2.37. The fourth-order valence-corrected chi connectivity index (χ4v) is 2.90. The largest absolute Gasteiger partial charge is 0.453 e. The van der Waals surface area contributed by atoms with Gasteiger partial charge in [0.25, 0.3) is 5.82 Å². The van der Waals surface area contributed by atoms with Crippen molar-refractivity contribution < 1.29 is 30.4 Å². The Morgan fingerprint density at radius 2 is 1.59 bits per heavy atom. The van der Waals surface area contributed by atoms with E-state index in [4.69, 9.17) is 0 Å². The first-order chi connectivity index (χ1) is 12.5. The second kappa shape index (κ2) is 6.41. The third kappa shape index (κ3) is 3.82. The van der Waals surface area contributed by atoms with E-state index in [9.17, 15) is 30.4 Å². The number of hydrogen-bond donors (Lipinski definition) is 0. The van der Waals surface area contributed by atoms with Crippen molar-refractivity contribution in [2.45, 2.75) is 11.1 Å². The average molecular weight is 403 g/mol. The fourth-order valence-electron chi connectivity index (χ4n) is 2.27. The summed E-state index contributed by atoms with van der Waals surface area (Å²) < 4.78 is 89.5. The molecule has 3 aromatic rings. The molecule has 0 N–H and O–H groups in total. The lowest BCUT2D eigenvalue weighted by molar-refractivity contribution is -0.144. The summed E-state index contributed by atoms with van der Waals surface area (Å²) in [6, 6.07) is 7.35. The average Bonchev–Trinajstić information content (AvgIpc) is 3.02. The van der Waals surface area contributed by atoms with Gasteiger partial charge in [-0.2, -0.15) is 13.2 Å². The van der Waals surface area contributed by atoms with Crippen LogP contribution in [0.2, 0.25) is 0 Å². The van der Waals surface area contributed by atoms with Crippen LogP contribution in [0.5, 0.6) is 0 Å². The molecular formula is C16H10F5N3O2S. The van der Waals surface area contributed by atoms with Crippen molar-refractivity contribution in [3.05, 3.63) is 59.9 Å². The third-order valence-electron chi connectivity index (χ3n) is 3.55. The summed E-state index contributed by atoms with van der Waals surface area (Å²) in [7, 11) is -3.51. The molecule has 0 amide bonds. The standard InChI is InChI=1S/C16H10F5N3O2S/c1-27(25,26)11-5-3-10(4-6-11)24-14(22-15(23-24)16(19,20)21)9-2-7-12(17)13(18)8-9/h2-8H,1H3. The molecule has 0 saturated carbocycles. The van der Waals surface area contributed by atoms with Crippen molar-refractivity contribution in [2.24, 2.45) is 0 Å². The number of aromatic nitrogens is 3. The summed E-state index contributed by atoms with van der Waals surface area (Å²) in [6.45, 7) is 0. The molecule has 1 heterocycles. The molecule has 0 aliphatic heterocycles. The van der Waals surface area contributed by atoms with Crippen LogP contribution in [0.4, 0.5) is 22.0 Å². The van der Waals surface area contributed by atoms with Crippen molar-refractivity contribution in [2.75, 3.05) is 6.26 Å². The van der Waals surface area contributed by atoms with E-state index in [-0.39, 0.29) is 22.0 Å². The maximum absolute atomic E-state index is 13.5. The smallest absolute Gasteiger partial charge is 0.224 e. The Labute approximate surface area is 150 Å². The molecule has 142 valence electrons. The number of benzene rings is 2. The molecule has 11 heteroatoms. The van der Waals surface area contributed by atoms with Crippen LogP contribution in [0.25, 0.3) is 17.1 Å². The van der Waals surface area contributed by atoms with Crippen molar-refractivity contribution in [3.8, 4) is 17.1 Å². The number of hydrogen-bond acceptors (Lipinski definition) is 4. The Bertz CT molecular complexity index is 1110. The van der Waals surface area contributed by atoms with Gasteiger partial charge in [0.15, 0.2) is 27.3 Å². The van der Waals surface area contributed by atoms with Crippen molar-refractivity contribution in [1.82, 2.24) is 14.8 Å². The van der Waals surface area contributed by atoms with E-state index in [1.54, 1.807) is 0 Å². The Morgan fingerprint density at radius 3 is 2.11 bits per heavy atom. The first-order valence-corrected chi connectivity index (χ1v) is 9.16. The molecule has 1 aromatic heterocycles. The lowest BCUT2D eigenvalue weighted by Crippen LogP contribution is -2.08. The summed E-state index contributed by atoms with van der Waals surface area (Å²) in [5.41, 5.74) is -0.0748. The van der Waals surface area contributed by atoms with Gasteiger partial charge in [-0.05, 0) is 42.5 Å². The molecule has 0 bridgehead atoms. The maximum atomic E-state index is 13.5. The van der Waals surface area contributed by atoms with Crippen LogP contribution in [0, 0.1) is 11.6 Å². The van der Waals surface area contributed by atoms with E-state index in [1.807, 2.05) is 0 Å². The van der Waals surface area contributed by atoms with Gasteiger partial charge in [0.05, 0.1) is 10.6 Å². The van der Waals surface area contributed by atoms with E-state index in [2.05, 4.69) is 10.1 Å². The van der Waals surface area contributed by atoms with E-state index in [0.717, 1.165) is 23.1 Å². The topological polar surface area (TPSA) is 64.8 Å². The minimum atomic E-state index is -4.87. The highest BCUT2D eigenvalue weighted by molar-refractivity contribution is 7.90. The van der Waals surface area contributed by atoms with E-state index in [1.165, 1.54) is 24.3 Å². The highest BCUT2D eigenvalue weighted by Crippen LogP contribution is 2.31. The first kappa shape index (κ1) is 19.0. The predicted octanol–water partition coefficient (Wildman–Crippen LogP) is 3.63. The van der Waals surface area contributed by atoms with Gasteiger partial charge < -0.3 is 0 Å². The maximum Gasteiger partial charge on any atom is 0.453 e. The van der Waals surface area contributed by atoms with Gasteiger partial charge in [0.2, 0.25) is 0 Å². The molecule has 0 aliphatic rings. The lowest BCUT2D eigenvalue weighted by Gasteiger charge is -2.07. The van der Waals surface area contributed by atoms with Gasteiger partial charge in [-0.3, -0.25) is 0 Å². The van der Waals surface area contributed by atoms with Gasteiger partial charge in [-0.25, -0.2) is 26.9 Å². The number of halogens is 5. The Morgan fingerprint density at radius 1 is 0.963 bits per heavy atom. The number of rotatable bonds is 3. The quantitative estimate of drug-likeness (QED) is 0.627. The van der Waals surface area contributed by atoms with E-state index < -0.39 is 33.5 Å². The molecule has 0 fully saturated rings. The Balaban J connectivity index is 2.19. The number of sulfone groups is 1. The van der Waals surface area contributed by atoms with Gasteiger partial charge in [0, 0.05) is 11.8 Å². The summed E-state index contributed by atoms with van der Waals surface area (Å²) in [5.74, 6) is -4.29. The fraction of sp³-hybridized carbons (Fsp3) is 0.125. The molecule has 0 unspecified atom stereocenters. The minimum absolute atomic E-state index is 0.0446. The molecule has 0 saturated heterocycles. The zero-order valence-electron chi connectivity index (χ0n) is 13.5. The summed E-state index contributed by atoms with van der Waals surface area (Å²) >= 11 is 0. The third-order valence-corrected chi connectivity index (χ3v) is 4.68. The summed E-state index contributed by atoms with van der Waals surface area (Å²) in [6.07, 6.45) is -3.89. The molecule has 3 rings (SSSR count). The predicted molar refractivity (Wildman–Crippen MR) is 84.8 cm³/mol. The molecule has 27 heavy (non-hydrogen) atoms. The number of alkyl halides is 3. The second-order valence-corrected chi connectivity index (χ2v) is 7.58. The van der Waals surface area contributed by atoms with Crippen LogP contribution >= 0.6 is 0 Å². The zero-order valence-corrected chi connectivity index (χ0v) is 14.3. The SMILES string of the molecule is CS(=O)(=O)c1ccc(-n2nc(C(F)(F)F)nc2-c2ccc(F)c(F)c2)cc1. The number of nitrogens with zero attached hydrogens (tertiary/aromatic N) is 3. The van der Waals surface area contributed by atoms with Gasteiger partial charge >= 0.3 is 6.18 Å². The zero-order chi connectivity index (χ0) is 20.0. The van der Waals surface area contributed by atoms with Crippen LogP contribution in [-0.4, -0.2) is 29.4 Å². The van der Waals surface area contributed by atoms with Gasteiger partial charge in [0.1, 0.15) is 0 Å².